The standard InChI is InChI=1S/C26H19FN2O4S/c1-2-33-18-11-8-16(9-12-18)23(30)21-22(15-6-4-3-5-7-15)29(25(32)24(21)31)26-28-19-13-10-17(27)14-20(19)34-26/h3-14,22,30H,2H2,1H3/b23-21+. The van der Waals surface area contributed by atoms with Crippen molar-refractivity contribution in [1.29, 1.82) is 0 Å². The van der Waals surface area contributed by atoms with Gasteiger partial charge in [0.15, 0.2) is 5.13 Å². The van der Waals surface area contributed by atoms with Crippen LogP contribution in [0.5, 0.6) is 5.75 Å². The molecule has 2 heterocycles. The highest BCUT2D eigenvalue weighted by molar-refractivity contribution is 7.22. The maximum Gasteiger partial charge on any atom is 0.301 e. The zero-order valence-corrected chi connectivity index (χ0v) is 18.9. The topological polar surface area (TPSA) is 79.7 Å². The highest BCUT2D eigenvalue weighted by Gasteiger charge is 2.48. The number of aromatic nitrogens is 1. The van der Waals surface area contributed by atoms with Gasteiger partial charge < -0.3 is 9.84 Å². The number of fused-ring (bicyclic) bond motifs is 1. The van der Waals surface area contributed by atoms with Gasteiger partial charge in [-0.05, 0) is 55.0 Å². The number of rotatable bonds is 5. The molecular formula is C26H19FN2O4S. The van der Waals surface area contributed by atoms with Crippen LogP contribution in [0.15, 0.2) is 78.4 Å². The Hall–Kier alpha value is -4.04. The number of carbonyl (C=O) groups is 2. The van der Waals surface area contributed by atoms with E-state index < -0.39 is 23.5 Å². The van der Waals surface area contributed by atoms with Crippen molar-refractivity contribution in [2.45, 2.75) is 13.0 Å². The van der Waals surface area contributed by atoms with Crippen LogP contribution in [0.2, 0.25) is 0 Å². The molecule has 34 heavy (non-hydrogen) atoms. The van der Waals surface area contributed by atoms with E-state index >= 15 is 0 Å². The van der Waals surface area contributed by atoms with Gasteiger partial charge in [-0.25, -0.2) is 9.37 Å². The lowest BCUT2D eigenvalue weighted by Gasteiger charge is -2.22. The van der Waals surface area contributed by atoms with Crippen molar-refractivity contribution in [2.75, 3.05) is 11.5 Å². The smallest absolute Gasteiger partial charge is 0.301 e. The largest absolute Gasteiger partial charge is 0.507 e. The van der Waals surface area contributed by atoms with E-state index in [1.165, 1.54) is 23.1 Å². The molecule has 1 atom stereocenters. The van der Waals surface area contributed by atoms with Crippen LogP contribution in [-0.2, 0) is 9.59 Å². The molecule has 1 saturated heterocycles. The van der Waals surface area contributed by atoms with Crippen LogP contribution < -0.4 is 9.64 Å². The van der Waals surface area contributed by atoms with Gasteiger partial charge in [0.25, 0.3) is 5.78 Å². The number of nitrogens with zero attached hydrogens (tertiary/aromatic N) is 2. The molecule has 1 aliphatic heterocycles. The molecule has 4 aromatic rings. The van der Waals surface area contributed by atoms with Gasteiger partial charge in [0.1, 0.15) is 17.3 Å². The molecule has 0 bridgehead atoms. The van der Waals surface area contributed by atoms with Crippen LogP contribution in [0, 0.1) is 5.82 Å². The Morgan fingerprint density at radius 1 is 1.09 bits per heavy atom. The molecule has 1 aliphatic rings. The Balaban J connectivity index is 1.67. The quantitative estimate of drug-likeness (QED) is 0.236. The van der Waals surface area contributed by atoms with E-state index in [9.17, 15) is 19.1 Å². The normalized spacial score (nSPS) is 17.5. The second kappa shape index (κ2) is 8.72. The van der Waals surface area contributed by atoms with Crippen molar-refractivity contribution in [3.8, 4) is 5.75 Å². The van der Waals surface area contributed by atoms with Crippen LogP contribution in [0.1, 0.15) is 24.1 Å². The molecule has 5 rings (SSSR count). The van der Waals surface area contributed by atoms with E-state index in [1.807, 2.05) is 13.0 Å². The minimum absolute atomic E-state index is 0.0363. The average Bonchev–Trinajstić information content (AvgIpc) is 3.37. The fraction of sp³-hybridized carbons (Fsp3) is 0.115. The average molecular weight is 475 g/mol. The van der Waals surface area contributed by atoms with Crippen LogP contribution in [0.4, 0.5) is 9.52 Å². The number of hydrogen-bond donors (Lipinski definition) is 1. The van der Waals surface area contributed by atoms with Crippen molar-refractivity contribution in [2.24, 2.45) is 0 Å². The molecule has 0 spiro atoms. The van der Waals surface area contributed by atoms with Crippen molar-refractivity contribution in [1.82, 2.24) is 4.98 Å². The number of ether oxygens (including phenoxy) is 1. The summed E-state index contributed by atoms with van der Waals surface area (Å²) >= 11 is 1.11. The van der Waals surface area contributed by atoms with E-state index in [1.54, 1.807) is 48.5 Å². The summed E-state index contributed by atoms with van der Waals surface area (Å²) in [5.74, 6) is -1.70. The van der Waals surface area contributed by atoms with Gasteiger partial charge in [-0.15, -0.1) is 0 Å². The Labute approximate surface area is 198 Å². The molecule has 1 fully saturated rings. The molecule has 8 heteroatoms. The molecule has 1 aromatic heterocycles. The summed E-state index contributed by atoms with van der Waals surface area (Å²) in [7, 11) is 0. The third-order valence-corrected chi connectivity index (χ3v) is 6.56. The van der Waals surface area contributed by atoms with Crippen molar-refractivity contribution in [3.05, 3.63) is 95.3 Å². The van der Waals surface area contributed by atoms with E-state index in [-0.39, 0.29) is 16.5 Å². The first-order valence-corrected chi connectivity index (χ1v) is 11.4. The van der Waals surface area contributed by atoms with E-state index in [4.69, 9.17) is 4.74 Å². The molecular weight excluding hydrogens is 455 g/mol. The second-order valence-corrected chi connectivity index (χ2v) is 8.65. The number of Topliss-reactive ketones (excluding diaryl/α,β-unsaturated/α-hetero) is 1. The lowest BCUT2D eigenvalue weighted by atomic mass is 9.95. The maximum atomic E-state index is 13.7. The summed E-state index contributed by atoms with van der Waals surface area (Å²) in [6, 6.07) is 18.9. The predicted molar refractivity (Wildman–Crippen MR) is 128 cm³/mol. The number of aliphatic hydroxyl groups is 1. The third kappa shape index (κ3) is 3.72. The molecule has 1 N–H and O–H groups in total. The fourth-order valence-electron chi connectivity index (χ4n) is 4.00. The third-order valence-electron chi connectivity index (χ3n) is 5.54. The summed E-state index contributed by atoms with van der Waals surface area (Å²) in [5.41, 5.74) is 1.50. The number of thiazole rings is 1. The fourth-order valence-corrected chi connectivity index (χ4v) is 5.02. The number of aliphatic hydroxyl groups excluding tert-OH is 1. The van der Waals surface area contributed by atoms with Crippen LogP contribution in [-0.4, -0.2) is 28.4 Å². The molecule has 0 radical (unpaired) electrons. The highest BCUT2D eigenvalue weighted by atomic mass is 32.1. The van der Waals surface area contributed by atoms with Crippen molar-refractivity contribution >= 4 is 44.1 Å². The molecule has 170 valence electrons. The molecule has 0 saturated carbocycles. The van der Waals surface area contributed by atoms with Crippen molar-refractivity contribution in [3.63, 3.8) is 0 Å². The number of hydrogen-bond acceptors (Lipinski definition) is 6. The van der Waals surface area contributed by atoms with E-state index in [2.05, 4.69) is 4.98 Å². The van der Waals surface area contributed by atoms with E-state index in [0.29, 0.717) is 33.7 Å². The van der Waals surface area contributed by atoms with Gasteiger partial charge in [0.2, 0.25) is 0 Å². The Morgan fingerprint density at radius 2 is 1.82 bits per heavy atom. The first kappa shape index (κ1) is 21.8. The molecule has 3 aromatic carbocycles. The molecule has 0 aliphatic carbocycles. The molecule has 1 unspecified atom stereocenters. The van der Waals surface area contributed by atoms with Crippen LogP contribution >= 0.6 is 11.3 Å². The lowest BCUT2D eigenvalue weighted by Crippen LogP contribution is -2.29. The second-order valence-electron chi connectivity index (χ2n) is 7.65. The lowest BCUT2D eigenvalue weighted by molar-refractivity contribution is -0.132. The summed E-state index contributed by atoms with van der Waals surface area (Å²) in [6.07, 6.45) is 0. The van der Waals surface area contributed by atoms with Crippen LogP contribution in [0.3, 0.4) is 0 Å². The number of anilines is 1. The van der Waals surface area contributed by atoms with Gasteiger partial charge in [0.05, 0.1) is 28.4 Å². The van der Waals surface area contributed by atoms with Gasteiger partial charge in [0, 0.05) is 5.56 Å². The summed E-state index contributed by atoms with van der Waals surface area (Å²) in [6.45, 7) is 2.36. The Morgan fingerprint density at radius 3 is 2.53 bits per heavy atom. The zero-order valence-electron chi connectivity index (χ0n) is 18.1. The summed E-state index contributed by atoms with van der Waals surface area (Å²) in [4.78, 5) is 32.2. The van der Waals surface area contributed by atoms with Gasteiger partial charge >= 0.3 is 5.91 Å². The number of amides is 1. The van der Waals surface area contributed by atoms with Gasteiger partial charge in [-0.1, -0.05) is 41.7 Å². The Kier molecular flexibility index (Phi) is 5.59. The van der Waals surface area contributed by atoms with Gasteiger partial charge in [-0.2, -0.15) is 0 Å². The maximum absolute atomic E-state index is 13.7. The van der Waals surface area contributed by atoms with Gasteiger partial charge in [-0.3, -0.25) is 14.5 Å². The number of halogens is 1. The van der Waals surface area contributed by atoms with Crippen LogP contribution in [0.25, 0.3) is 16.0 Å². The zero-order chi connectivity index (χ0) is 23.8. The monoisotopic (exact) mass is 474 g/mol. The summed E-state index contributed by atoms with van der Waals surface area (Å²) < 4.78 is 19.7. The van der Waals surface area contributed by atoms with Crippen molar-refractivity contribution < 1.29 is 23.8 Å². The molecule has 1 amide bonds. The minimum atomic E-state index is -0.891. The first-order chi connectivity index (χ1) is 16.5. The highest BCUT2D eigenvalue weighted by Crippen LogP contribution is 2.44. The first-order valence-electron chi connectivity index (χ1n) is 10.6. The van der Waals surface area contributed by atoms with E-state index in [0.717, 1.165) is 11.3 Å². The Bertz CT molecular complexity index is 1430. The number of benzene rings is 3. The number of ketones is 1. The SMILES string of the molecule is CCOc1ccc(/C(O)=C2\C(=O)C(=O)N(c3nc4ccc(F)cc4s3)C2c2ccccc2)cc1. The predicted octanol–water partition coefficient (Wildman–Crippen LogP) is 5.46. The summed E-state index contributed by atoms with van der Waals surface area (Å²) in [5, 5.41) is 11.4. The molecule has 6 nitrogen and oxygen atoms in total. The minimum Gasteiger partial charge on any atom is -0.507 e. The number of carbonyl (C=O) groups excluding carboxylic acids is 2.